The van der Waals surface area contributed by atoms with Gasteiger partial charge in [0.1, 0.15) is 5.52 Å². The lowest BCUT2D eigenvalue weighted by Crippen LogP contribution is -2.02. The molecule has 0 saturated carbocycles. The first-order valence-electron chi connectivity index (χ1n) is 7.52. The molecule has 116 valence electrons. The molecule has 0 N–H and O–H groups in total. The minimum Gasteiger partial charge on any atom is -0.436 e. The Hall–Kier alpha value is -2.98. The number of oxazole rings is 1. The van der Waals surface area contributed by atoms with E-state index in [1.807, 2.05) is 66.1 Å². The minimum atomic E-state index is -0.101. The van der Waals surface area contributed by atoms with E-state index >= 15 is 0 Å². The van der Waals surface area contributed by atoms with Crippen LogP contribution in [0, 0.1) is 0 Å². The molecule has 0 fully saturated rings. The average Bonchev–Trinajstić information content (AvgIpc) is 3.29. The number of ketones is 1. The predicted molar refractivity (Wildman–Crippen MR) is 97.0 cm³/mol. The maximum Gasteiger partial charge on any atom is 0.231 e. The standard InChI is InChI=1S/C20H13NO2S/c22-19(14-7-2-1-3-8-14)16(13-15-9-6-12-24-15)20-21-17-10-4-5-11-18(17)23-20/h1-13H/b16-13-. The fourth-order valence-corrected chi connectivity index (χ4v) is 3.13. The highest BCUT2D eigenvalue weighted by atomic mass is 32.1. The Morgan fingerprint density at radius 2 is 1.75 bits per heavy atom. The van der Waals surface area contributed by atoms with Gasteiger partial charge >= 0.3 is 0 Å². The van der Waals surface area contributed by atoms with Crippen LogP contribution in [-0.2, 0) is 0 Å². The van der Waals surface area contributed by atoms with Crippen LogP contribution in [0.15, 0.2) is 76.5 Å². The van der Waals surface area contributed by atoms with Crippen LogP contribution in [0.1, 0.15) is 21.1 Å². The molecule has 0 radical (unpaired) electrons. The number of para-hydroxylation sites is 2. The first-order chi connectivity index (χ1) is 11.8. The fourth-order valence-electron chi connectivity index (χ4n) is 2.47. The Labute approximate surface area is 142 Å². The first kappa shape index (κ1) is 14.6. The van der Waals surface area contributed by atoms with E-state index in [4.69, 9.17) is 4.42 Å². The van der Waals surface area contributed by atoms with Crippen molar-refractivity contribution in [3.63, 3.8) is 0 Å². The number of carbonyl (C=O) groups excluding carboxylic acids is 1. The Kier molecular flexibility index (Phi) is 3.81. The lowest BCUT2D eigenvalue weighted by molar-refractivity contribution is 0.105. The largest absolute Gasteiger partial charge is 0.436 e. The molecule has 0 unspecified atom stereocenters. The zero-order valence-electron chi connectivity index (χ0n) is 12.7. The number of hydrogen-bond donors (Lipinski definition) is 0. The summed E-state index contributed by atoms with van der Waals surface area (Å²) in [5.41, 5.74) is 2.48. The number of rotatable bonds is 4. The Balaban J connectivity index is 1.86. The molecule has 0 bridgehead atoms. The summed E-state index contributed by atoms with van der Waals surface area (Å²) >= 11 is 1.57. The normalized spacial score (nSPS) is 11.8. The second kappa shape index (κ2) is 6.26. The molecule has 0 saturated heterocycles. The van der Waals surface area contributed by atoms with Crippen LogP contribution >= 0.6 is 11.3 Å². The van der Waals surface area contributed by atoms with Crippen LogP contribution in [0.3, 0.4) is 0 Å². The highest BCUT2D eigenvalue weighted by Crippen LogP contribution is 2.27. The zero-order chi connectivity index (χ0) is 16.4. The second-order valence-electron chi connectivity index (χ2n) is 5.26. The van der Waals surface area contributed by atoms with Gasteiger partial charge in [-0.25, -0.2) is 4.98 Å². The van der Waals surface area contributed by atoms with E-state index in [1.165, 1.54) is 0 Å². The van der Waals surface area contributed by atoms with Crippen molar-refractivity contribution in [1.29, 1.82) is 0 Å². The fraction of sp³-hybridized carbons (Fsp3) is 0. The molecule has 0 aliphatic heterocycles. The number of thiophene rings is 1. The summed E-state index contributed by atoms with van der Waals surface area (Å²) in [6.45, 7) is 0. The van der Waals surface area contributed by atoms with Gasteiger partial charge in [0.25, 0.3) is 0 Å². The number of benzene rings is 2. The SMILES string of the molecule is O=C(/C(=C/c1cccs1)c1nc2ccccc2o1)c1ccccc1. The lowest BCUT2D eigenvalue weighted by atomic mass is 10.0. The van der Waals surface area contributed by atoms with Crippen molar-refractivity contribution >= 4 is 39.9 Å². The molecule has 0 amide bonds. The maximum atomic E-state index is 13.0. The third-order valence-electron chi connectivity index (χ3n) is 3.63. The number of nitrogens with zero attached hydrogens (tertiary/aromatic N) is 1. The van der Waals surface area contributed by atoms with Crippen LogP contribution in [0.25, 0.3) is 22.7 Å². The highest BCUT2D eigenvalue weighted by Gasteiger charge is 2.20. The summed E-state index contributed by atoms with van der Waals surface area (Å²) in [6, 6.07) is 20.6. The van der Waals surface area contributed by atoms with Gasteiger partial charge in [0.15, 0.2) is 11.4 Å². The summed E-state index contributed by atoms with van der Waals surface area (Å²) in [6.07, 6.45) is 1.84. The van der Waals surface area contributed by atoms with Gasteiger partial charge in [-0.05, 0) is 29.7 Å². The van der Waals surface area contributed by atoms with E-state index < -0.39 is 0 Å². The quantitative estimate of drug-likeness (QED) is 0.376. The van der Waals surface area contributed by atoms with Crippen molar-refractivity contribution in [3.05, 3.63) is 88.4 Å². The van der Waals surface area contributed by atoms with Gasteiger partial charge in [-0.3, -0.25) is 4.79 Å². The molecule has 4 aromatic rings. The Morgan fingerprint density at radius 1 is 0.958 bits per heavy atom. The van der Waals surface area contributed by atoms with E-state index in [9.17, 15) is 4.79 Å². The molecule has 4 heteroatoms. The van der Waals surface area contributed by atoms with E-state index in [-0.39, 0.29) is 5.78 Å². The molecular formula is C20H13NO2S. The monoisotopic (exact) mass is 331 g/mol. The van der Waals surface area contributed by atoms with Crippen LogP contribution < -0.4 is 0 Å². The predicted octanol–water partition coefficient (Wildman–Crippen LogP) is 5.31. The highest BCUT2D eigenvalue weighted by molar-refractivity contribution is 7.11. The molecule has 3 nitrogen and oxygen atoms in total. The number of allylic oxidation sites excluding steroid dienone is 1. The third kappa shape index (κ3) is 2.79. The third-order valence-corrected chi connectivity index (χ3v) is 4.45. The van der Waals surface area contributed by atoms with Gasteiger partial charge in [0.2, 0.25) is 5.89 Å². The number of aromatic nitrogens is 1. The zero-order valence-corrected chi connectivity index (χ0v) is 13.5. The molecular weight excluding hydrogens is 318 g/mol. The van der Waals surface area contributed by atoms with E-state index in [0.717, 1.165) is 10.4 Å². The number of carbonyl (C=O) groups is 1. The van der Waals surface area contributed by atoms with E-state index in [1.54, 1.807) is 23.5 Å². The smallest absolute Gasteiger partial charge is 0.231 e. The van der Waals surface area contributed by atoms with Gasteiger partial charge in [-0.15, -0.1) is 11.3 Å². The molecule has 0 aliphatic rings. The van der Waals surface area contributed by atoms with Gasteiger partial charge in [0, 0.05) is 10.4 Å². The molecule has 4 rings (SSSR count). The summed E-state index contributed by atoms with van der Waals surface area (Å²) in [4.78, 5) is 18.5. The van der Waals surface area contributed by atoms with Gasteiger partial charge in [-0.2, -0.15) is 0 Å². The van der Waals surface area contributed by atoms with Crippen molar-refractivity contribution in [3.8, 4) is 0 Å². The van der Waals surface area contributed by atoms with Gasteiger partial charge in [-0.1, -0.05) is 48.5 Å². The second-order valence-corrected chi connectivity index (χ2v) is 6.23. The topological polar surface area (TPSA) is 43.1 Å². The lowest BCUT2D eigenvalue weighted by Gasteiger charge is -2.03. The minimum absolute atomic E-state index is 0.101. The Morgan fingerprint density at radius 3 is 2.50 bits per heavy atom. The van der Waals surface area contributed by atoms with Crippen molar-refractivity contribution < 1.29 is 9.21 Å². The molecule has 2 aromatic carbocycles. The maximum absolute atomic E-state index is 13.0. The van der Waals surface area contributed by atoms with Crippen molar-refractivity contribution in [1.82, 2.24) is 4.98 Å². The van der Waals surface area contributed by atoms with Crippen LogP contribution in [0.2, 0.25) is 0 Å². The Bertz CT molecular complexity index is 981. The molecule has 0 atom stereocenters. The van der Waals surface area contributed by atoms with Crippen LogP contribution in [0.5, 0.6) is 0 Å². The summed E-state index contributed by atoms with van der Waals surface area (Å²) in [5.74, 6) is 0.244. The van der Waals surface area contributed by atoms with Crippen LogP contribution in [0.4, 0.5) is 0 Å². The van der Waals surface area contributed by atoms with Gasteiger partial charge in [0.05, 0.1) is 5.57 Å². The average molecular weight is 331 g/mol. The van der Waals surface area contributed by atoms with E-state index in [2.05, 4.69) is 4.98 Å². The van der Waals surface area contributed by atoms with Gasteiger partial charge < -0.3 is 4.42 Å². The molecule has 0 aliphatic carbocycles. The van der Waals surface area contributed by atoms with Crippen molar-refractivity contribution in [2.45, 2.75) is 0 Å². The summed E-state index contributed by atoms with van der Waals surface area (Å²) in [5, 5.41) is 1.97. The van der Waals surface area contributed by atoms with Crippen molar-refractivity contribution in [2.24, 2.45) is 0 Å². The number of fused-ring (bicyclic) bond motifs is 1. The molecule has 24 heavy (non-hydrogen) atoms. The molecule has 0 spiro atoms. The van der Waals surface area contributed by atoms with E-state index in [0.29, 0.717) is 22.6 Å². The number of Topliss-reactive ketones (excluding diaryl/α,β-unsaturated/α-hetero) is 1. The molecule has 2 heterocycles. The first-order valence-corrected chi connectivity index (χ1v) is 8.40. The van der Waals surface area contributed by atoms with Crippen LogP contribution in [-0.4, -0.2) is 10.8 Å². The summed E-state index contributed by atoms with van der Waals surface area (Å²) < 4.78 is 5.83. The molecule has 2 aromatic heterocycles. The summed E-state index contributed by atoms with van der Waals surface area (Å²) in [7, 11) is 0. The number of hydrogen-bond acceptors (Lipinski definition) is 4. The van der Waals surface area contributed by atoms with Crippen molar-refractivity contribution in [2.75, 3.05) is 0 Å².